The Bertz CT molecular complexity index is 1020. The molecule has 158 valence electrons. The number of allylic oxidation sites excluding steroid dienone is 4. The zero-order chi connectivity index (χ0) is 20.3. The van der Waals surface area contributed by atoms with Gasteiger partial charge in [-0.25, -0.2) is 0 Å². The van der Waals surface area contributed by atoms with E-state index in [1.807, 2.05) is 0 Å². The summed E-state index contributed by atoms with van der Waals surface area (Å²) in [6, 6.07) is 14.3. The van der Waals surface area contributed by atoms with Crippen LogP contribution < -0.4 is 24.8 Å². The van der Waals surface area contributed by atoms with E-state index in [4.69, 9.17) is 0 Å². The summed E-state index contributed by atoms with van der Waals surface area (Å²) in [5.41, 5.74) is 15.3. The Morgan fingerprint density at radius 3 is 1.33 bits per heavy atom. The van der Waals surface area contributed by atoms with E-state index in [1.54, 1.807) is 26.1 Å². The quantitative estimate of drug-likeness (QED) is 0.579. The Kier molecular flexibility index (Phi) is 7.85. The van der Waals surface area contributed by atoms with Gasteiger partial charge in [-0.05, 0) is 0 Å². The van der Waals surface area contributed by atoms with Gasteiger partial charge >= 0.3 is 177 Å². The van der Waals surface area contributed by atoms with E-state index in [0.29, 0.717) is 8.45 Å². The molecule has 0 nitrogen and oxygen atoms in total. The molecule has 0 spiro atoms. The van der Waals surface area contributed by atoms with Crippen LogP contribution in [0.4, 0.5) is 0 Å². The third-order valence-corrected chi connectivity index (χ3v) is 13.2. The van der Waals surface area contributed by atoms with Crippen molar-refractivity contribution in [3.8, 4) is 0 Å². The van der Waals surface area contributed by atoms with Gasteiger partial charge in [0, 0.05) is 0 Å². The Morgan fingerprint density at radius 2 is 1.00 bits per heavy atom. The fourth-order valence-corrected chi connectivity index (χ4v) is 11.7. The zero-order valence-electron chi connectivity index (χ0n) is 19.4. The first-order valence-corrected chi connectivity index (χ1v) is 13.0. The van der Waals surface area contributed by atoms with Crippen LogP contribution in [0.25, 0.3) is 11.1 Å². The third kappa shape index (κ3) is 3.86. The average molecular weight is 475 g/mol. The molecule has 0 fully saturated rings. The molecule has 30 heavy (non-hydrogen) atoms. The summed E-state index contributed by atoms with van der Waals surface area (Å²) in [5.74, 6) is 0. The fourth-order valence-electron chi connectivity index (χ4n) is 5.36. The van der Waals surface area contributed by atoms with Crippen molar-refractivity contribution in [1.82, 2.24) is 0 Å². The van der Waals surface area contributed by atoms with Gasteiger partial charge in [0.05, 0.1) is 0 Å². The molecule has 0 amide bonds. The SMILES string of the molecule is CC1=C(C)[CH]([Ti+2](=[C](C)C)[CH]2C(C)=C(C)c3cc(C)ccc32)c2ccc(C)cc21.[Cl-].[Cl-]. The predicted molar refractivity (Wildman–Crippen MR) is 121 cm³/mol. The van der Waals surface area contributed by atoms with Gasteiger partial charge in [-0.15, -0.1) is 0 Å². The van der Waals surface area contributed by atoms with Crippen LogP contribution in [0.3, 0.4) is 0 Å². The zero-order valence-corrected chi connectivity index (χ0v) is 22.4. The van der Waals surface area contributed by atoms with Crippen molar-refractivity contribution in [1.29, 1.82) is 0 Å². The van der Waals surface area contributed by atoms with Crippen molar-refractivity contribution in [3.63, 3.8) is 0 Å². The number of benzene rings is 2. The molecule has 0 heterocycles. The number of aryl methyl sites for hydroxylation is 2. The Morgan fingerprint density at radius 1 is 0.633 bits per heavy atom. The first-order valence-electron chi connectivity index (χ1n) is 10.5. The number of hydrogen-bond donors (Lipinski definition) is 0. The van der Waals surface area contributed by atoms with Crippen molar-refractivity contribution in [2.24, 2.45) is 0 Å². The summed E-state index contributed by atoms with van der Waals surface area (Å²) >= 11 is -1.67. The van der Waals surface area contributed by atoms with Gasteiger partial charge in [0.15, 0.2) is 0 Å². The maximum Gasteiger partial charge on any atom is -1.00 e. The van der Waals surface area contributed by atoms with Gasteiger partial charge < -0.3 is 24.8 Å². The molecule has 3 heteroatoms. The van der Waals surface area contributed by atoms with E-state index in [-0.39, 0.29) is 24.8 Å². The monoisotopic (exact) mass is 474 g/mol. The molecule has 2 aromatic rings. The Labute approximate surface area is 201 Å². The predicted octanol–water partition coefficient (Wildman–Crippen LogP) is 1.54. The van der Waals surface area contributed by atoms with Crippen LogP contribution in [0.1, 0.15) is 83.4 Å². The molecule has 0 saturated carbocycles. The summed E-state index contributed by atoms with van der Waals surface area (Å²) in [5, 5.41) is 0. The van der Waals surface area contributed by atoms with Crippen molar-refractivity contribution < 1.29 is 42.2 Å². The van der Waals surface area contributed by atoms with Crippen LogP contribution in [0.2, 0.25) is 0 Å². The maximum atomic E-state index is 2.43. The molecule has 0 saturated heterocycles. The molecule has 2 atom stereocenters. The molecule has 0 bridgehead atoms. The summed E-state index contributed by atoms with van der Waals surface area (Å²) in [4.78, 5) is 0. The van der Waals surface area contributed by atoms with Crippen molar-refractivity contribution in [3.05, 3.63) is 80.9 Å². The normalized spacial score (nSPS) is 18.9. The maximum absolute atomic E-state index is 2.43. The molecular formula is C27H32Cl2Ti. The largest absolute Gasteiger partial charge is 1.00 e. The standard InChI is InChI=1S/2C12H13.C3H6.2ClH.Ti/c2*1-8-4-5-11-7-9(2)10(3)12(11)6-8;1-3-2;;;/h2*4-7H,1-3H3;1-2H3;2*1H;/q;;;;;+2/p-2. The molecule has 2 unspecified atom stereocenters. The summed E-state index contributed by atoms with van der Waals surface area (Å²) in [6.07, 6.45) is 0. The van der Waals surface area contributed by atoms with E-state index < -0.39 is 17.4 Å². The second-order valence-electron chi connectivity index (χ2n) is 9.12. The number of halogens is 2. The van der Waals surface area contributed by atoms with Crippen LogP contribution in [-0.4, -0.2) is 3.81 Å². The third-order valence-electron chi connectivity index (χ3n) is 7.10. The van der Waals surface area contributed by atoms with Crippen molar-refractivity contribution in [2.45, 2.75) is 63.8 Å². The van der Waals surface area contributed by atoms with Crippen LogP contribution in [0.15, 0.2) is 47.5 Å². The minimum atomic E-state index is -1.67. The first-order chi connectivity index (χ1) is 13.2. The number of hydrogen-bond acceptors (Lipinski definition) is 0. The molecule has 2 aromatic carbocycles. The molecule has 0 radical (unpaired) electrons. The number of fused-ring (bicyclic) bond motifs is 2. The number of rotatable bonds is 2. The second-order valence-corrected chi connectivity index (χ2v) is 13.9. The molecule has 4 rings (SSSR count). The topological polar surface area (TPSA) is 0 Å². The van der Waals surface area contributed by atoms with E-state index in [1.165, 1.54) is 33.4 Å². The second kappa shape index (κ2) is 9.29. The average Bonchev–Trinajstić information content (AvgIpc) is 3.02. The van der Waals surface area contributed by atoms with E-state index in [0.717, 1.165) is 0 Å². The first kappa shape index (κ1) is 25.3. The summed E-state index contributed by atoms with van der Waals surface area (Å²) in [6.45, 7) is 18.8. The van der Waals surface area contributed by atoms with Gasteiger partial charge in [-0.1, -0.05) is 0 Å². The van der Waals surface area contributed by atoms with Crippen molar-refractivity contribution >= 4 is 15.0 Å². The minimum absolute atomic E-state index is 0. The molecule has 2 aliphatic rings. The fraction of sp³-hybridized carbons (Fsp3) is 0.370. The van der Waals surface area contributed by atoms with Crippen LogP contribution in [0.5, 0.6) is 0 Å². The van der Waals surface area contributed by atoms with Crippen LogP contribution in [0, 0.1) is 13.8 Å². The Balaban J connectivity index is 0.00000160. The summed E-state index contributed by atoms with van der Waals surface area (Å²) in [7, 11) is 0. The van der Waals surface area contributed by atoms with E-state index >= 15 is 0 Å². The molecule has 0 N–H and O–H groups in total. The molecular weight excluding hydrogens is 443 g/mol. The van der Waals surface area contributed by atoms with Gasteiger partial charge in [0.25, 0.3) is 0 Å². The van der Waals surface area contributed by atoms with Crippen LogP contribution in [-0.2, 0) is 17.4 Å². The van der Waals surface area contributed by atoms with Crippen LogP contribution >= 0.6 is 0 Å². The Hall–Kier alpha value is -0.916. The van der Waals surface area contributed by atoms with Gasteiger partial charge in [-0.3, -0.25) is 0 Å². The van der Waals surface area contributed by atoms with Gasteiger partial charge in [0.2, 0.25) is 0 Å². The summed E-state index contributed by atoms with van der Waals surface area (Å²) < 4.78 is 2.98. The van der Waals surface area contributed by atoms with E-state index in [2.05, 4.69) is 91.8 Å². The van der Waals surface area contributed by atoms with Gasteiger partial charge in [0.1, 0.15) is 0 Å². The smallest absolute Gasteiger partial charge is 1.00 e. The molecule has 0 aromatic heterocycles. The molecule has 0 aliphatic heterocycles. The van der Waals surface area contributed by atoms with Gasteiger partial charge in [-0.2, -0.15) is 0 Å². The molecule has 2 aliphatic carbocycles. The minimum Gasteiger partial charge on any atom is -1.00 e. The van der Waals surface area contributed by atoms with E-state index in [9.17, 15) is 0 Å². The van der Waals surface area contributed by atoms with Crippen molar-refractivity contribution in [2.75, 3.05) is 0 Å².